The summed E-state index contributed by atoms with van der Waals surface area (Å²) in [6.07, 6.45) is -0.131. The summed E-state index contributed by atoms with van der Waals surface area (Å²) in [7, 11) is 0. The van der Waals surface area contributed by atoms with E-state index in [1.165, 1.54) is 6.92 Å². The molecule has 10 heavy (non-hydrogen) atoms. The van der Waals surface area contributed by atoms with E-state index >= 15 is 0 Å². The van der Waals surface area contributed by atoms with Crippen LogP contribution in [0.5, 0.6) is 0 Å². The topological polar surface area (TPSA) is 20.2 Å². The minimum Gasteiger partial charge on any atom is -0.396 e. The molecule has 0 saturated carbocycles. The third-order valence-electron chi connectivity index (χ3n) is 1.22. The quantitative estimate of drug-likeness (QED) is 0.714. The van der Waals surface area contributed by atoms with E-state index in [1.54, 1.807) is 0 Å². The van der Waals surface area contributed by atoms with Crippen molar-refractivity contribution in [3.05, 3.63) is 0 Å². The van der Waals surface area contributed by atoms with Crippen molar-refractivity contribution in [3.63, 3.8) is 0 Å². The maximum absolute atomic E-state index is 12.2. The van der Waals surface area contributed by atoms with Crippen molar-refractivity contribution < 1.29 is 32.4 Å². The fraction of sp³-hybridized carbons (Fsp3) is 1.00. The van der Waals surface area contributed by atoms with Crippen LogP contribution < -0.4 is 0 Å². The summed E-state index contributed by atoms with van der Waals surface area (Å²) >= 11 is 0. The molecule has 1 N–H and O–H groups in total. The molecule has 0 heterocycles. The summed E-state index contributed by atoms with van der Waals surface area (Å²) in [5.74, 6) is -2.57. The summed E-state index contributed by atoms with van der Waals surface area (Å²) in [6.45, 7) is 1.30. The average Bonchev–Trinajstić information content (AvgIpc) is 1.84. The van der Waals surface area contributed by atoms with Crippen LogP contribution >= 0.6 is 0 Å². The van der Waals surface area contributed by atoms with Gasteiger partial charge in [-0.15, -0.1) is 0 Å². The van der Waals surface area contributed by atoms with E-state index in [0.717, 1.165) is 0 Å². The summed E-state index contributed by atoms with van der Waals surface area (Å²) in [5, 5.41) is 8.19. The molecule has 0 spiro atoms. The van der Waals surface area contributed by atoms with Crippen LogP contribution in [0.2, 0.25) is 0 Å². The number of aliphatic hydroxyl groups excluding tert-OH is 1. The van der Waals surface area contributed by atoms with Gasteiger partial charge in [0.1, 0.15) is 0 Å². The van der Waals surface area contributed by atoms with E-state index < -0.39 is 5.92 Å². The van der Waals surface area contributed by atoms with E-state index in [9.17, 15) is 8.78 Å². The molecule has 0 bridgehead atoms. The smallest absolute Gasteiger partial charge is 0.248 e. The van der Waals surface area contributed by atoms with Gasteiger partial charge in [0.25, 0.3) is 0 Å². The van der Waals surface area contributed by atoms with Crippen molar-refractivity contribution in [3.8, 4) is 0 Å². The molecule has 1 nitrogen and oxygen atoms in total. The molecule has 1 radical (unpaired) electrons. The van der Waals surface area contributed by atoms with Gasteiger partial charge in [0.2, 0.25) is 5.92 Å². The molecule has 0 aromatic carbocycles. The number of rotatable bonds is 4. The Balaban J connectivity index is 0. The van der Waals surface area contributed by atoms with Crippen molar-refractivity contribution in [2.24, 2.45) is 0 Å². The third-order valence-corrected chi connectivity index (χ3v) is 1.22. The Labute approximate surface area is 71.7 Å². The van der Waals surface area contributed by atoms with E-state index in [2.05, 4.69) is 0 Å². The van der Waals surface area contributed by atoms with E-state index in [-0.39, 0.29) is 44.4 Å². The molecule has 0 fully saturated rings. The first-order valence-corrected chi connectivity index (χ1v) is 3.11. The first kappa shape index (κ1) is 13.0. The van der Waals surface area contributed by atoms with Crippen LogP contribution in [0.1, 0.15) is 26.2 Å². The minimum absolute atomic E-state index is 0. The Bertz CT molecular complexity index is 78.1. The van der Waals surface area contributed by atoms with Gasteiger partial charge in [-0.25, -0.2) is 8.78 Å². The predicted octanol–water partition coefficient (Wildman–Crippen LogP) is 1.80. The molecule has 0 amide bonds. The Morgan fingerprint density at radius 1 is 1.40 bits per heavy atom. The number of aliphatic hydroxyl groups is 1. The maximum Gasteiger partial charge on any atom is 0.248 e. The molecule has 0 aliphatic rings. The van der Waals surface area contributed by atoms with Crippen LogP contribution in [0.25, 0.3) is 0 Å². The summed E-state index contributed by atoms with van der Waals surface area (Å²) in [6, 6.07) is 0. The summed E-state index contributed by atoms with van der Waals surface area (Å²) in [5.41, 5.74) is 0. The zero-order chi connectivity index (χ0) is 7.33. The molecule has 0 saturated heterocycles. The number of hydrogen-bond donors (Lipinski definition) is 1. The molecule has 0 rings (SSSR count). The zero-order valence-corrected chi connectivity index (χ0v) is 7.38. The first-order chi connectivity index (χ1) is 4.12. The monoisotopic (exact) mass is 189 g/mol. The molecule has 61 valence electrons. The second-order valence-electron chi connectivity index (χ2n) is 2.04. The Kier molecular flexibility index (Phi) is 7.99. The molecule has 0 aliphatic carbocycles. The van der Waals surface area contributed by atoms with Crippen LogP contribution in [0.4, 0.5) is 8.78 Å². The second-order valence-corrected chi connectivity index (χ2v) is 2.04. The SMILES string of the molecule is CCC(F)(F)CCCO.[V]. The van der Waals surface area contributed by atoms with E-state index in [1.807, 2.05) is 0 Å². The van der Waals surface area contributed by atoms with Crippen molar-refractivity contribution in [2.75, 3.05) is 6.61 Å². The zero-order valence-electron chi connectivity index (χ0n) is 5.98. The van der Waals surface area contributed by atoms with Crippen LogP contribution in [-0.2, 0) is 18.6 Å². The minimum atomic E-state index is -2.57. The van der Waals surface area contributed by atoms with Crippen LogP contribution in [0.15, 0.2) is 0 Å². The van der Waals surface area contributed by atoms with Crippen molar-refractivity contribution in [1.82, 2.24) is 0 Å². The van der Waals surface area contributed by atoms with Gasteiger partial charge in [0, 0.05) is 38.0 Å². The molecular formula is C6H12F2OV. The largest absolute Gasteiger partial charge is 0.396 e. The maximum atomic E-state index is 12.2. The molecular weight excluding hydrogens is 177 g/mol. The van der Waals surface area contributed by atoms with Gasteiger partial charge in [-0.05, 0) is 6.42 Å². The molecule has 0 aromatic heterocycles. The van der Waals surface area contributed by atoms with Crippen molar-refractivity contribution >= 4 is 0 Å². The number of alkyl halides is 2. The van der Waals surface area contributed by atoms with Gasteiger partial charge >= 0.3 is 0 Å². The Morgan fingerprint density at radius 3 is 2.20 bits per heavy atom. The van der Waals surface area contributed by atoms with Gasteiger partial charge in [-0.1, -0.05) is 6.92 Å². The third kappa shape index (κ3) is 6.52. The van der Waals surface area contributed by atoms with Gasteiger partial charge < -0.3 is 5.11 Å². The molecule has 0 aliphatic heterocycles. The fourth-order valence-electron chi connectivity index (χ4n) is 0.514. The molecule has 4 heteroatoms. The normalized spacial score (nSPS) is 10.8. The van der Waals surface area contributed by atoms with Crippen molar-refractivity contribution in [2.45, 2.75) is 32.1 Å². The standard InChI is InChI=1S/C6H12F2O.V/c1-2-6(7,8)4-3-5-9;/h9H,2-5H2,1H3;. The molecule has 0 atom stereocenters. The van der Waals surface area contributed by atoms with Crippen molar-refractivity contribution in [1.29, 1.82) is 0 Å². The number of hydrogen-bond acceptors (Lipinski definition) is 1. The predicted molar refractivity (Wildman–Crippen MR) is 31.6 cm³/mol. The van der Waals surface area contributed by atoms with Gasteiger partial charge in [-0.3, -0.25) is 0 Å². The van der Waals surface area contributed by atoms with E-state index in [0.29, 0.717) is 0 Å². The summed E-state index contributed by atoms with van der Waals surface area (Å²) < 4.78 is 24.5. The second kappa shape index (κ2) is 6.14. The van der Waals surface area contributed by atoms with Gasteiger partial charge in [0.15, 0.2) is 0 Å². The Hall–Kier alpha value is 0.404. The molecule has 0 unspecified atom stereocenters. The van der Waals surface area contributed by atoms with Gasteiger partial charge in [0.05, 0.1) is 0 Å². The molecule has 0 aromatic rings. The van der Waals surface area contributed by atoms with Crippen LogP contribution in [0.3, 0.4) is 0 Å². The summed E-state index contributed by atoms with van der Waals surface area (Å²) in [4.78, 5) is 0. The average molecular weight is 189 g/mol. The Morgan fingerprint density at radius 2 is 1.90 bits per heavy atom. The van der Waals surface area contributed by atoms with Crippen LogP contribution in [0, 0.1) is 0 Å². The number of halogens is 2. The first-order valence-electron chi connectivity index (χ1n) is 3.11. The fourth-order valence-corrected chi connectivity index (χ4v) is 0.514. The van der Waals surface area contributed by atoms with Gasteiger partial charge in [-0.2, -0.15) is 0 Å². The van der Waals surface area contributed by atoms with Crippen LogP contribution in [-0.4, -0.2) is 17.6 Å². The van der Waals surface area contributed by atoms with E-state index in [4.69, 9.17) is 5.11 Å².